The summed E-state index contributed by atoms with van der Waals surface area (Å²) in [6, 6.07) is 0. The van der Waals surface area contributed by atoms with Crippen molar-refractivity contribution in [3.8, 4) is 0 Å². The van der Waals surface area contributed by atoms with Crippen molar-refractivity contribution in [1.82, 2.24) is 0 Å². The summed E-state index contributed by atoms with van der Waals surface area (Å²) in [5.74, 6) is 10.6. The van der Waals surface area contributed by atoms with E-state index in [0.717, 1.165) is 5.92 Å². The predicted molar refractivity (Wildman–Crippen MR) is 120 cm³/mol. The van der Waals surface area contributed by atoms with Crippen molar-refractivity contribution in [2.45, 2.75) is 108 Å². The summed E-state index contributed by atoms with van der Waals surface area (Å²) < 4.78 is 0. The zero-order chi connectivity index (χ0) is 18.2. The van der Waals surface area contributed by atoms with Gasteiger partial charge in [-0.15, -0.1) is 0 Å². The summed E-state index contributed by atoms with van der Waals surface area (Å²) in [7, 11) is 0.323. The van der Waals surface area contributed by atoms with Gasteiger partial charge in [-0.05, 0) is 141 Å². The van der Waals surface area contributed by atoms with Gasteiger partial charge in [0.2, 0.25) is 0 Å². The van der Waals surface area contributed by atoms with Gasteiger partial charge in [0.25, 0.3) is 0 Å². The van der Waals surface area contributed by atoms with Gasteiger partial charge in [0, 0.05) is 0 Å². The Morgan fingerprint density at radius 1 is 0.500 bits per heavy atom. The van der Waals surface area contributed by atoms with E-state index in [9.17, 15) is 0 Å². The molecule has 0 unspecified atom stereocenters. The first-order valence-corrected chi connectivity index (χ1v) is 15.2. The van der Waals surface area contributed by atoms with Crippen LogP contribution in [0.4, 0.5) is 0 Å². The monoisotopic (exact) mass is 398 g/mol. The Balaban J connectivity index is 1.17. The molecule has 9 aliphatic rings. The molecule has 0 atom stereocenters. The summed E-state index contributed by atoms with van der Waals surface area (Å²) >= 11 is 0. The summed E-state index contributed by atoms with van der Waals surface area (Å²) in [5, 5.41) is 0. The predicted octanol–water partition coefficient (Wildman–Crippen LogP) is 7.70. The summed E-state index contributed by atoms with van der Waals surface area (Å²) in [6.45, 7) is 0. The minimum Gasteiger partial charge on any atom is -0.0992 e. The van der Waals surface area contributed by atoms with Gasteiger partial charge < -0.3 is 0 Å². The van der Waals surface area contributed by atoms with Crippen molar-refractivity contribution >= 4 is 7.92 Å². The zero-order valence-electron chi connectivity index (χ0n) is 18.1. The Bertz CT molecular complexity index is 491. The lowest BCUT2D eigenvalue weighted by Gasteiger charge is -2.62. The van der Waals surface area contributed by atoms with Gasteiger partial charge in [0.1, 0.15) is 0 Å². The highest BCUT2D eigenvalue weighted by Crippen LogP contribution is 2.71. The third-order valence-corrected chi connectivity index (χ3v) is 15.4. The first-order chi connectivity index (χ1) is 13.8. The van der Waals surface area contributed by atoms with Crippen molar-refractivity contribution in [2.75, 3.05) is 6.16 Å². The van der Waals surface area contributed by atoms with Crippen molar-refractivity contribution in [3.05, 3.63) is 0 Å². The molecule has 0 spiro atoms. The van der Waals surface area contributed by atoms with E-state index in [2.05, 4.69) is 0 Å². The Hall–Kier alpha value is 0.430. The summed E-state index contributed by atoms with van der Waals surface area (Å²) in [6.07, 6.45) is 26.3. The Labute approximate surface area is 175 Å². The first-order valence-electron chi connectivity index (χ1n) is 13.6. The second-order valence-electron chi connectivity index (χ2n) is 13.0. The minimum atomic E-state index is 0.323. The third kappa shape index (κ3) is 2.93. The van der Waals surface area contributed by atoms with Crippen LogP contribution in [0, 0.1) is 53.3 Å². The molecule has 156 valence electrons. The maximum Gasteiger partial charge on any atom is -0.0149 e. The highest BCUT2D eigenvalue weighted by atomic mass is 31.1. The zero-order valence-corrected chi connectivity index (χ0v) is 19.0. The molecule has 1 heteroatoms. The lowest BCUT2D eigenvalue weighted by molar-refractivity contribution is 0.0129. The van der Waals surface area contributed by atoms with Gasteiger partial charge in [-0.3, -0.25) is 0 Å². The average molecular weight is 399 g/mol. The highest BCUT2D eigenvalue weighted by Gasteiger charge is 2.56. The molecule has 0 amide bonds. The van der Waals surface area contributed by atoms with Crippen LogP contribution in [0.2, 0.25) is 0 Å². The van der Waals surface area contributed by atoms with E-state index in [0.29, 0.717) is 7.92 Å². The van der Waals surface area contributed by atoms with E-state index < -0.39 is 0 Å². The standard InChI is InChI=1S/C27H43P/c1-2-4-17(3-1)5-6-28(26-22-9-18-7-19(11-22)12-23(26)10-18)27-24-13-20-8-21(15-24)16-25(27)14-20/h17-27H,1-16H2. The SMILES string of the molecule is C1CCC(CCP(C2C3CC4CC(C3)CC2C4)C2C3CC4CC(C3)CC2C4)C1. The molecule has 0 saturated heterocycles. The Kier molecular flexibility index (Phi) is 4.49. The second-order valence-corrected chi connectivity index (χ2v) is 15.7. The van der Waals surface area contributed by atoms with Gasteiger partial charge in [-0.25, -0.2) is 0 Å². The van der Waals surface area contributed by atoms with E-state index >= 15 is 0 Å². The summed E-state index contributed by atoms with van der Waals surface area (Å²) in [5.41, 5.74) is 2.48. The maximum absolute atomic E-state index is 1.72. The lowest BCUT2D eigenvalue weighted by atomic mass is 9.55. The molecule has 0 heterocycles. The minimum absolute atomic E-state index is 0.323. The summed E-state index contributed by atoms with van der Waals surface area (Å²) in [4.78, 5) is 0. The fourth-order valence-electron chi connectivity index (χ4n) is 11.0. The van der Waals surface area contributed by atoms with Crippen LogP contribution in [-0.4, -0.2) is 17.5 Å². The molecule has 9 aliphatic carbocycles. The first kappa shape index (κ1) is 18.0. The van der Waals surface area contributed by atoms with E-state index in [1.807, 2.05) is 0 Å². The van der Waals surface area contributed by atoms with E-state index in [1.165, 1.54) is 58.7 Å². The van der Waals surface area contributed by atoms with Crippen LogP contribution in [0.3, 0.4) is 0 Å². The molecular formula is C27H43P. The maximum atomic E-state index is 1.72. The van der Waals surface area contributed by atoms with E-state index in [1.54, 1.807) is 102 Å². The largest absolute Gasteiger partial charge is 0.0992 e. The molecule has 28 heavy (non-hydrogen) atoms. The van der Waals surface area contributed by atoms with Crippen molar-refractivity contribution in [1.29, 1.82) is 0 Å². The van der Waals surface area contributed by atoms with Crippen LogP contribution in [0.25, 0.3) is 0 Å². The molecule has 9 fully saturated rings. The highest BCUT2D eigenvalue weighted by molar-refractivity contribution is 7.59. The van der Waals surface area contributed by atoms with Crippen LogP contribution < -0.4 is 0 Å². The van der Waals surface area contributed by atoms with Crippen LogP contribution >= 0.6 is 7.92 Å². The molecule has 0 radical (unpaired) electrons. The van der Waals surface area contributed by atoms with Gasteiger partial charge in [-0.2, -0.15) is 0 Å². The molecule has 0 aliphatic heterocycles. The lowest BCUT2D eigenvalue weighted by Crippen LogP contribution is -2.53. The van der Waals surface area contributed by atoms with Crippen LogP contribution in [-0.2, 0) is 0 Å². The molecule has 0 aromatic carbocycles. The van der Waals surface area contributed by atoms with Gasteiger partial charge in [-0.1, -0.05) is 33.6 Å². The number of rotatable bonds is 5. The van der Waals surface area contributed by atoms with E-state index in [-0.39, 0.29) is 0 Å². The molecular weight excluding hydrogens is 355 g/mol. The molecule has 9 rings (SSSR count). The average Bonchev–Trinajstić information content (AvgIpc) is 3.17. The fourth-order valence-corrected chi connectivity index (χ4v) is 15.8. The quantitative estimate of drug-likeness (QED) is 0.416. The van der Waals surface area contributed by atoms with E-state index in [4.69, 9.17) is 0 Å². The Morgan fingerprint density at radius 2 is 0.893 bits per heavy atom. The van der Waals surface area contributed by atoms with Crippen LogP contribution in [0.5, 0.6) is 0 Å². The van der Waals surface area contributed by atoms with Crippen LogP contribution in [0.15, 0.2) is 0 Å². The molecule has 8 bridgehead atoms. The van der Waals surface area contributed by atoms with Crippen LogP contribution in [0.1, 0.15) is 96.3 Å². The topological polar surface area (TPSA) is 0 Å². The number of hydrogen-bond acceptors (Lipinski definition) is 0. The Morgan fingerprint density at radius 3 is 1.29 bits per heavy atom. The molecule has 0 aromatic rings. The van der Waals surface area contributed by atoms with Crippen molar-refractivity contribution < 1.29 is 0 Å². The van der Waals surface area contributed by atoms with Crippen molar-refractivity contribution in [3.63, 3.8) is 0 Å². The molecule has 0 aromatic heterocycles. The fraction of sp³-hybridized carbons (Fsp3) is 1.00. The third-order valence-electron chi connectivity index (χ3n) is 11.4. The van der Waals surface area contributed by atoms with Gasteiger partial charge in [0.15, 0.2) is 0 Å². The van der Waals surface area contributed by atoms with Gasteiger partial charge >= 0.3 is 0 Å². The smallest absolute Gasteiger partial charge is 0.0149 e. The normalized spacial score (nSPS) is 55.3. The molecule has 9 saturated carbocycles. The molecule has 0 N–H and O–H groups in total. The number of hydrogen-bond donors (Lipinski definition) is 0. The van der Waals surface area contributed by atoms with Crippen molar-refractivity contribution in [2.24, 2.45) is 53.3 Å². The molecule has 0 nitrogen and oxygen atoms in total. The second kappa shape index (κ2) is 6.97. The van der Waals surface area contributed by atoms with Gasteiger partial charge in [0.05, 0.1) is 0 Å².